The SMILES string of the molecule is C=CC(=O)N1CC(N2CCN(C(=O)C(C)Nc3cc(Cl)c(Cl)cc3O)CC2)C1. The average Bonchev–Trinajstić information content (AvgIpc) is 2.64. The number of carbonyl (C=O) groups is 2. The van der Waals surface area contributed by atoms with E-state index in [1.54, 1.807) is 11.8 Å². The van der Waals surface area contributed by atoms with E-state index in [1.165, 1.54) is 18.2 Å². The van der Waals surface area contributed by atoms with Crippen LogP contribution in [0.4, 0.5) is 5.69 Å². The minimum absolute atomic E-state index is 0.0319. The first kappa shape index (κ1) is 20.8. The van der Waals surface area contributed by atoms with Gasteiger partial charge in [0.05, 0.1) is 15.7 Å². The second-order valence-corrected chi connectivity index (χ2v) is 7.93. The van der Waals surface area contributed by atoms with E-state index in [0.717, 1.165) is 13.1 Å². The van der Waals surface area contributed by atoms with Crippen molar-refractivity contribution in [2.45, 2.75) is 19.0 Å². The molecule has 2 N–H and O–H groups in total. The second-order valence-electron chi connectivity index (χ2n) is 7.11. The molecular formula is C19H24Cl2N4O3. The monoisotopic (exact) mass is 426 g/mol. The summed E-state index contributed by atoms with van der Waals surface area (Å²) in [6, 6.07) is 2.69. The number of anilines is 1. The van der Waals surface area contributed by atoms with Crippen LogP contribution < -0.4 is 5.32 Å². The number of halogens is 2. The van der Waals surface area contributed by atoms with E-state index in [2.05, 4.69) is 16.8 Å². The number of hydrogen-bond acceptors (Lipinski definition) is 5. The van der Waals surface area contributed by atoms with Crippen molar-refractivity contribution >= 4 is 40.7 Å². The van der Waals surface area contributed by atoms with Crippen LogP contribution in [0.2, 0.25) is 10.0 Å². The van der Waals surface area contributed by atoms with Crippen molar-refractivity contribution in [2.75, 3.05) is 44.6 Å². The third-order valence-electron chi connectivity index (χ3n) is 5.27. The fraction of sp³-hybridized carbons (Fsp3) is 0.474. The van der Waals surface area contributed by atoms with E-state index in [0.29, 0.717) is 42.9 Å². The first-order valence-electron chi connectivity index (χ1n) is 9.19. The first-order valence-corrected chi connectivity index (χ1v) is 9.94. The molecule has 1 unspecified atom stereocenters. The number of nitrogens with zero attached hydrogens (tertiary/aromatic N) is 3. The number of likely N-dealkylation sites (tertiary alicyclic amines) is 1. The molecule has 2 saturated heterocycles. The minimum Gasteiger partial charge on any atom is -0.506 e. The zero-order valence-electron chi connectivity index (χ0n) is 15.7. The van der Waals surface area contributed by atoms with Gasteiger partial charge in [-0.05, 0) is 19.1 Å². The highest BCUT2D eigenvalue weighted by Crippen LogP contribution is 2.33. The lowest BCUT2D eigenvalue weighted by Gasteiger charge is -2.48. The Kier molecular flexibility index (Phi) is 6.37. The Balaban J connectivity index is 1.49. The first-order chi connectivity index (χ1) is 13.3. The number of rotatable bonds is 5. The Labute approximate surface area is 174 Å². The van der Waals surface area contributed by atoms with Crippen molar-refractivity contribution in [1.82, 2.24) is 14.7 Å². The quantitative estimate of drug-likeness (QED) is 0.556. The summed E-state index contributed by atoms with van der Waals surface area (Å²) in [4.78, 5) is 30.2. The predicted octanol–water partition coefficient (Wildman–Crippen LogP) is 2.04. The maximum absolute atomic E-state index is 12.7. The Hall–Kier alpha value is -1.96. The normalized spacial score (nSPS) is 19.1. The minimum atomic E-state index is -0.515. The van der Waals surface area contributed by atoms with Crippen LogP contribution in [0.1, 0.15) is 6.92 Å². The van der Waals surface area contributed by atoms with Crippen molar-refractivity contribution in [3.63, 3.8) is 0 Å². The fourth-order valence-corrected chi connectivity index (χ4v) is 3.85. The third-order valence-corrected chi connectivity index (χ3v) is 5.99. The molecular weight excluding hydrogens is 403 g/mol. The van der Waals surface area contributed by atoms with Gasteiger partial charge in [0.25, 0.3) is 0 Å². The van der Waals surface area contributed by atoms with Gasteiger partial charge in [-0.2, -0.15) is 0 Å². The molecule has 0 aromatic heterocycles. The van der Waals surface area contributed by atoms with Gasteiger partial charge in [-0.3, -0.25) is 14.5 Å². The molecule has 0 aliphatic carbocycles. The van der Waals surface area contributed by atoms with Gasteiger partial charge in [-0.1, -0.05) is 29.8 Å². The van der Waals surface area contributed by atoms with Gasteiger partial charge in [0.15, 0.2) is 0 Å². The summed E-state index contributed by atoms with van der Waals surface area (Å²) in [6.07, 6.45) is 1.34. The summed E-state index contributed by atoms with van der Waals surface area (Å²) in [5.41, 5.74) is 0.371. The Morgan fingerprint density at radius 3 is 2.39 bits per heavy atom. The number of hydrogen-bond donors (Lipinski definition) is 2. The highest BCUT2D eigenvalue weighted by molar-refractivity contribution is 6.42. The van der Waals surface area contributed by atoms with Crippen LogP contribution in [0.25, 0.3) is 0 Å². The predicted molar refractivity (Wildman–Crippen MR) is 110 cm³/mol. The highest BCUT2D eigenvalue weighted by Gasteiger charge is 2.36. The number of amides is 2. The number of phenols is 1. The molecule has 3 rings (SSSR count). The van der Waals surface area contributed by atoms with Gasteiger partial charge in [0.1, 0.15) is 11.8 Å². The van der Waals surface area contributed by atoms with Crippen LogP contribution in [0.15, 0.2) is 24.8 Å². The molecule has 2 amide bonds. The van der Waals surface area contributed by atoms with Crippen LogP contribution in [0.5, 0.6) is 5.75 Å². The van der Waals surface area contributed by atoms with Gasteiger partial charge in [-0.15, -0.1) is 0 Å². The number of piperazine rings is 1. The smallest absolute Gasteiger partial charge is 0.246 e. The number of phenolic OH excluding ortho intramolecular Hbond substituents is 1. The van der Waals surface area contributed by atoms with Crippen LogP contribution >= 0.6 is 23.2 Å². The van der Waals surface area contributed by atoms with E-state index in [-0.39, 0.29) is 22.6 Å². The summed E-state index contributed by atoms with van der Waals surface area (Å²) < 4.78 is 0. The molecule has 28 heavy (non-hydrogen) atoms. The molecule has 1 aromatic carbocycles. The summed E-state index contributed by atoms with van der Waals surface area (Å²) in [5.74, 6) is -0.125. The van der Waals surface area contributed by atoms with Crippen molar-refractivity contribution in [2.24, 2.45) is 0 Å². The summed E-state index contributed by atoms with van der Waals surface area (Å²) in [6.45, 7) is 9.50. The lowest BCUT2D eigenvalue weighted by molar-refractivity contribution is -0.136. The number of benzene rings is 1. The van der Waals surface area contributed by atoms with E-state index in [1.807, 2.05) is 4.90 Å². The van der Waals surface area contributed by atoms with E-state index < -0.39 is 6.04 Å². The Bertz CT molecular complexity index is 775. The largest absolute Gasteiger partial charge is 0.506 e. The van der Waals surface area contributed by atoms with Gasteiger partial charge in [0.2, 0.25) is 11.8 Å². The number of aromatic hydroxyl groups is 1. The molecule has 9 heteroatoms. The van der Waals surface area contributed by atoms with Crippen LogP contribution in [0.3, 0.4) is 0 Å². The van der Waals surface area contributed by atoms with Gasteiger partial charge in [-0.25, -0.2) is 0 Å². The second kappa shape index (κ2) is 8.59. The standard InChI is InChI=1S/C19H24Cl2N4O3/c1-3-18(27)25-10-13(11-25)23-4-6-24(7-5-23)19(28)12(2)22-16-8-14(20)15(21)9-17(16)26/h3,8-9,12-13,22,26H,1,4-7,10-11H2,2H3. The number of nitrogens with one attached hydrogen (secondary N) is 1. The molecule has 0 bridgehead atoms. The molecule has 2 aliphatic heterocycles. The highest BCUT2D eigenvalue weighted by atomic mass is 35.5. The third kappa shape index (κ3) is 4.37. The van der Waals surface area contributed by atoms with Crippen molar-refractivity contribution in [3.8, 4) is 5.75 Å². The van der Waals surface area contributed by atoms with E-state index >= 15 is 0 Å². The molecule has 2 fully saturated rings. The van der Waals surface area contributed by atoms with E-state index in [4.69, 9.17) is 23.2 Å². The maximum atomic E-state index is 12.7. The van der Waals surface area contributed by atoms with Crippen molar-refractivity contribution in [3.05, 3.63) is 34.8 Å². The summed E-state index contributed by atoms with van der Waals surface area (Å²) in [7, 11) is 0. The maximum Gasteiger partial charge on any atom is 0.246 e. The van der Waals surface area contributed by atoms with Gasteiger partial charge >= 0.3 is 0 Å². The van der Waals surface area contributed by atoms with Crippen molar-refractivity contribution in [1.29, 1.82) is 0 Å². The lowest BCUT2D eigenvalue weighted by Crippen LogP contribution is -2.64. The zero-order valence-corrected chi connectivity index (χ0v) is 17.2. The van der Waals surface area contributed by atoms with Gasteiger partial charge in [0, 0.05) is 51.4 Å². The fourth-order valence-electron chi connectivity index (χ4n) is 3.52. The topological polar surface area (TPSA) is 76.1 Å². The molecule has 0 spiro atoms. The molecule has 1 atom stereocenters. The zero-order chi connectivity index (χ0) is 20.4. The van der Waals surface area contributed by atoms with Crippen molar-refractivity contribution < 1.29 is 14.7 Å². The molecule has 1 aromatic rings. The number of carbonyl (C=O) groups excluding carboxylic acids is 2. The molecule has 2 aliphatic rings. The molecule has 0 saturated carbocycles. The Morgan fingerprint density at radius 1 is 1.18 bits per heavy atom. The summed E-state index contributed by atoms with van der Waals surface area (Å²) in [5, 5.41) is 13.6. The van der Waals surface area contributed by atoms with Gasteiger partial charge < -0.3 is 20.2 Å². The Morgan fingerprint density at radius 2 is 1.79 bits per heavy atom. The molecule has 152 valence electrons. The molecule has 2 heterocycles. The molecule has 0 radical (unpaired) electrons. The van der Waals surface area contributed by atoms with Crippen LogP contribution in [0, 0.1) is 0 Å². The lowest BCUT2D eigenvalue weighted by atomic mass is 10.1. The summed E-state index contributed by atoms with van der Waals surface area (Å²) >= 11 is 11.9. The molecule has 7 nitrogen and oxygen atoms in total. The van der Waals surface area contributed by atoms with Crippen LogP contribution in [-0.4, -0.2) is 83.0 Å². The van der Waals surface area contributed by atoms with E-state index in [9.17, 15) is 14.7 Å². The van der Waals surface area contributed by atoms with Crippen LogP contribution in [-0.2, 0) is 9.59 Å². The average molecular weight is 427 g/mol.